The van der Waals surface area contributed by atoms with Gasteiger partial charge in [0.2, 0.25) is 5.91 Å². The Morgan fingerprint density at radius 1 is 1.21 bits per heavy atom. The van der Waals surface area contributed by atoms with E-state index in [4.69, 9.17) is 16.3 Å². The average Bonchev–Trinajstić information content (AvgIpc) is 2.55. The van der Waals surface area contributed by atoms with Crippen molar-refractivity contribution >= 4 is 40.6 Å². The van der Waals surface area contributed by atoms with E-state index >= 15 is 0 Å². The maximum atomic E-state index is 12.5. The normalized spacial score (nSPS) is 11.7. The number of hydrogen-bond donors (Lipinski definition) is 1. The molecule has 0 heterocycles. The Bertz CT molecular complexity index is 705. The molecule has 24 heavy (non-hydrogen) atoms. The van der Waals surface area contributed by atoms with E-state index in [1.807, 2.05) is 62.3 Å². The van der Waals surface area contributed by atoms with Crippen LogP contribution in [0.5, 0.6) is 5.75 Å². The lowest BCUT2D eigenvalue weighted by atomic mass is 10.2. The van der Waals surface area contributed by atoms with Crippen LogP contribution in [0.25, 0.3) is 0 Å². The molecule has 4 nitrogen and oxygen atoms in total. The van der Waals surface area contributed by atoms with Crippen molar-refractivity contribution in [2.75, 3.05) is 31.4 Å². The summed E-state index contributed by atoms with van der Waals surface area (Å²) < 4.78 is 5.14. The molecule has 0 aliphatic heterocycles. The van der Waals surface area contributed by atoms with Crippen molar-refractivity contribution in [3.63, 3.8) is 0 Å². The molecular formula is C18H21ClN2O2S. The number of ether oxygens (including phenoxy) is 1. The predicted octanol–water partition coefficient (Wildman–Crippen LogP) is 4.53. The fourth-order valence-electron chi connectivity index (χ4n) is 2.14. The van der Waals surface area contributed by atoms with Crippen molar-refractivity contribution in [1.29, 1.82) is 0 Å². The van der Waals surface area contributed by atoms with Crippen LogP contribution >= 0.6 is 23.4 Å². The zero-order valence-corrected chi connectivity index (χ0v) is 15.7. The van der Waals surface area contributed by atoms with Gasteiger partial charge in [0.1, 0.15) is 5.75 Å². The summed E-state index contributed by atoms with van der Waals surface area (Å²) in [6, 6.07) is 13.1. The van der Waals surface area contributed by atoms with Crippen LogP contribution in [0.4, 0.5) is 11.4 Å². The third-order valence-electron chi connectivity index (χ3n) is 3.44. The Kier molecular flexibility index (Phi) is 6.40. The number of anilines is 2. The molecule has 2 aromatic rings. The highest BCUT2D eigenvalue weighted by Crippen LogP contribution is 2.30. The van der Waals surface area contributed by atoms with E-state index < -0.39 is 0 Å². The Morgan fingerprint density at radius 3 is 2.46 bits per heavy atom. The zero-order chi connectivity index (χ0) is 17.7. The van der Waals surface area contributed by atoms with E-state index in [1.165, 1.54) is 11.8 Å². The molecule has 1 amide bonds. The van der Waals surface area contributed by atoms with Gasteiger partial charge in [0.05, 0.1) is 23.7 Å². The minimum absolute atomic E-state index is 0.0683. The molecule has 0 saturated carbocycles. The van der Waals surface area contributed by atoms with Gasteiger partial charge in [-0.15, -0.1) is 11.8 Å². The van der Waals surface area contributed by atoms with Crippen molar-refractivity contribution in [2.24, 2.45) is 0 Å². The number of methoxy groups -OCH3 is 1. The molecule has 0 aliphatic carbocycles. The van der Waals surface area contributed by atoms with E-state index in [0.717, 1.165) is 16.3 Å². The van der Waals surface area contributed by atoms with Crippen LogP contribution in [0.2, 0.25) is 5.02 Å². The van der Waals surface area contributed by atoms with Crippen LogP contribution in [0.3, 0.4) is 0 Å². The number of halogens is 1. The highest BCUT2D eigenvalue weighted by Gasteiger charge is 2.17. The third kappa shape index (κ3) is 4.82. The highest BCUT2D eigenvalue weighted by atomic mass is 35.5. The molecule has 0 aliphatic rings. The van der Waals surface area contributed by atoms with Gasteiger partial charge in [-0.1, -0.05) is 11.6 Å². The Labute approximate surface area is 152 Å². The van der Waals surface area contributed by atoms with E-state index in [1.54, 1.807) is 13.2 Å². The van der Waals surface area contributed by atoms with E-state index in [9.17, 15) is 4.79 Å². The first-order chi connectivity index (χ1) is 11.4. The monoisotopic (exact) mass is 364 g/mol. The number of carbonyl (C=O) groups is 1. The van der Waals surface area contributed by atoms with Gasteiger partial charge < -0.3 is 15.0 Å². The molecule has 6 heteroatoms. The minimum atomic E-state index is -0.243. The summed E-state index contributed by atoms with van der Waals surface area (Å²) in [5, 5.41) is 3.31. The Morgan fingerprint density at radius 2 is 1.88 bits per heavy atom. The van der Waals surface area contributed by atoms with Crippen molar-refractivity contribution in [1.82, 2.24) is 0 Å². The second-order valence-corrected chi connectivity index (χ2v) is 7.33. The summed E-state index contributed by atoms with van der Waals surface area (Å²) in [7, 11) is 5.48. The van der Waals surface area contributed by atoms with Crippen molar-refractivity contribution in [2.45, 2.75) is 17.1 Å². The molecule has 0 bridgehead atoms. The molecule has 2 rings (SSSR count). The standard InChI is InChI=1S/C18H21ClN2O2S/c1-12(24-15-8-6-14(23-4)7-9-15)18(22)20-16-11-13(19)5-10-17(16)21(2)3/h5-12H,1-4H3,(H,20,22). The summed E-state index contributed by atoms with van der Waals surface area (Å²) >= 11 is 7.55. The average molecular weight is 365 g/mol. The second kappa shape index (κ2) is 8.31. The maximum Gasteiger partial charge on any atom is 0.237 e. The minimum Gasteiger partial charge on any atom is -0.497 e. The number of nitrogens with one attached hydrogen (secondary N) is 1. The molecule has 0 spiro atoms. The number of thioether (sulfide) groups is 1. The lowest BCUT2D eigenvalue weighted by Gasteiger charge is -2.19. The summed E-state index contributed by atoms with van der Waals surface area (Å²) in [5.74, 6) is 0.729. The van der Waals surface area contributed by atoms with Gasteiger partial charge >= 0.3 is 0 Å². The molecular weight excluding hydrogens is 344 g/mol. The first kappa shape index (κ1) is 18.5. The molecule has 0 radical (unpaired) electrons. The second-order valence-electron chi connectivity index (χ2n) is 5.48. The van der Waals surface area contributed by atoms with E-state index in [-0.39, 0.29) is 11.2 Å². The SMILES string of the molecule is COc1ccc(SC(C)C(=O)Nc2cc(Cl)ccc2N(C)C)cc1. The van der Waals surface area contributed by atoms with Gasteiger partial charge in [0.15, 0.2) is 0 Å². The first-order valence-electron chi connectivity index (χ1n) is 7.49. The van der Waals surface area contributed by atoms with Gasteiger partial charge in [-0.3, -0.25) is 4.79 Å². The lowest BCUT2D eigenvalue weighted by molar-refractivity contribution is -0.115. The van der Waals surface area contributed by atoms with Gasteiger partial charge in [0.25, 0.3) is 0 Å². The van der Waals surface area contributed by atoms with Crippen LogP contribution in [0.15, 0.2) is 47.4 Å². The van der Waals surface area contributed by atoms with Crippen LogP contribution in [-0.4, -0.2) is 32.4 Å². The van der Waals surface area contributed by atoms with Crippen LogP contribution in [0, 0.1) is 0 Å². The van der Waals surface area contributed by atoms with E-state index in [0.29, 0.717) is 10.7 Å². The molecule has 1 unspecified atom stereocenters. The summed E-state index contributed by atoms with van der Waals surface area (Å²) in [6.07, 6.45) is 0. The largest absolute Gasteiger partial charge is 0.497 e. The number of rotatable bonds is 6. The van der Waals surface area contributed by atoms with Gasteiger partial charge in [-0.25, -0.2) is 0 Å². The van der Waals surface area contributed by atoms with Gasteiger partial charge in [-0.2, -0.15) is 0 Å². The molecule has 2 aromatic carbocycles. The Hall–Kier alpha value is -1.85. The molecule has 128 valence electrons. The fourth-order valence-corrected chi connectivity index (χ4v) is 3.18. The molecule has 0 saturated heterocycles. The van der Waals surface area contributed by atoms with E-state index in [2.05, 4.69) is 5.32 Å². The highest BCUT2D eigenvalue weighted by molar-refractivity contribution is 8.00. The van der Waals surface area contributed by atoms with Gasteiger partial charge in [-0.05, 0) is 49.4 Å². The van der Waals surface area contributed by atoms with Gasteiger partial charge in [0, 0.05) is 24.0 Å². The molecule has 0 aromatic heterocycles. The quantitative estimate of drug-likeness (QED) is 0.764. The number of benzene rings is 2. The van der Waals surface area contributed by atoms with Crippen LogP contribution < -0.4 is 15.0 Å². The molecule has 1 atom stereocenters. The summed E-state index contributed by atoms with van der Waals surface area (Å²) in [4.78, 5) is 15.5. The van der Waals surface area contributed by atoms with Crippen molar-refractivity contribution in [3.05, 3.63) is 47.5 Å². The molecule has 1 N–H and O–H groups in total. The number of hydrogen-bond acceptors (Lipinski definition) is 4. The van der Waals surface area contributed by atoms with Crippen molar-refractivity contribution in [3.8, 4) is 5.75 Å². The smallest absolute Gasteiger partial charge is 0.237 e. The van der Waals surface area contributed by atoms with Crippen LogP contribution in [-0.2, 0) is 4.79 Å². The molecule has 0 fully saturated rings. The fraction of sp³-hybridized carbons (Fsp3) is 0.278. The van der Waals surface area contributed by atoms with Crippen molar-refractivity contribution < 1.29 is 9.53 Å². The summed E-state index contributed by atoms with van der Waals surface area (Å²) in [6.45, 7) is 1.88. The predicted molar refractivity (Wildman–Crippen MR) is 103 cm³/mol. The first-order valence-corrected chi connectivity index (χ1v) is 8.75. The number of amides is 1. The van der Waals surface area contributed by atoms with Crippen LogP contribution in [0.1, 0.15) is 6.92 Å². The Balaban J connectivity index is 2.07. The third-order valence-corrected chi connectivity index (χ3v) is 4.79. The summed E-state index contributed by atoms with van der Waals surface area (Å²) in [5.41, 5.74) is 1.62. The topological polar surface area (TPSA) is 41.6 Å². The maximum absolute atomic E-state index is 12.5. The number of carbonyl (C=O) groups excluding carboxylic acids is 1. The lowest BCUT2D eigenvalue weighted by Crippen LogP contribution is -2.24. The number of nitrogens with zero attached hydrogens (tertiary/aromatic N) is 1. The zero-order valence-electron chi connectivity index (χ0n) is 14.2.